The van der Waals surface area contributed by atoms with Gasteiger partial charge < -0.3 is 4.74 Å². The summed E-state index contributed by atoms with van der Waals surface area (Å²) in [7, 11) is 1.47. The first-order chi connectivity index (χ1) is 8.99. The summed E-state index contributed by atoms with van der Waals surface area (Å²) in [6, 6.07) is 3.53. The molecule has 1 aliphatic heterocycles. The molecule has 8 nitrogen and oxygen atoms in total. The number of ether oxygens (including phenoxy) is 1. The summed E-state index contributed by atoms with van der Waals surface area (Å²) in [5.74, 6) is 0. The maximum absolute atomic E-state index is 11.1. The lowest BCUT2D eigenvalue weighted by Gasteiger charge is -2.36. The lowest BCUT2D eigenvalue weighted by atomic mass is 10.2. The second-order valence-electron chi connectivity index (χ2n) is 4.38. The normalized spacial score (nSPS) is 20.2. The minimum absolute atomic E-state index is 0.0166. The van der Waals surface area contributed by atoms with Gasteiger partial charge in [-0.3, -0.25) is 25.4 Å². The molecule has 1 fully saturated rings. The molecular formula is C11H15N5O3. The Morgan fingerprint density at radius 1 is 1.63 bits per heavy atom. The number of nitrogens with zero attached hydrogens (tertiary/aromatic N) is 4. The van der Waals surface area contributed by atoms with E-state index in [1.165, 1.54) is 16.8 Å². The van der Waals surface area contributed by atoms with Gasteiger partial charge in [0.1, 0.15) is 0 Å². The molecule has 1 aliphatic rings. The van der Waals surface area contributed by atoms with Crippen molar-refractivity contribution in [3.05, 3.63) is 39.7 Å². The highest BCUT2D eigenvalue weighted by Crippen LogP contribution is 2.16. The van der Waals surface area contributed by atoms with Gasteiger partial charge in [-0.15, -0.1) is 0 Å². The molecule has 0 radical (unpaired) electrons. The Kier molecular flexibility index (Phi) is 3.61. The largest absolute Gasteiger partial charge is 0.449 e. The molecule has 102 valence electrons. The van der Waals surface area contributed by atoms with Crippen LogP contribution in [0.15, 0.2) is 18.3 Å². The smallest absolute Gasteiger partial charge is 0.354 e. The SMILES string of the molecule is Cc1ccc(CN2COC(=N)N(C)C2[N+](=O)[O-])cn1. The summed E-state index contributed by atoms with van der Waals surface area (Å²) in [4.78, 5) is 17.6. The second kappa shape index (κ2) is 5.19. The van der Waals surface area contributed by atoms with Crippen molar-refractivity contribution < 1.29 is 9.66 Å². The van der Waals surface area contributed by atoms with Crippen LogP contribution >= 0.6 is 0 Å². The summed E-state index contributed by atoms with van der Waals surface area (Å²) in [6.45, 7) is 2.24. The highest BCUT2D eigenvalue weighted by atomic mass is 16.6. The van der Waals surface area contributed by atoms with Gasteiger partial charge in [0.15, 0.2) is 6.73 Å². The zero-order valence-corrected chi connectivity index (χ0v) is 10.7. The van der Waals surface area contributed by atoms with Crippen LogP contribution in [-0.4, -0.2) is 45.8 Å². The molecule has 1 unspecified atom stereocenters. The van der Waals surface area contributed by atoms with Gasteiger partial charge in [-0.25, -0.2) is 0 Å². The molecular weight excluding hydrogens is 250 g/mol. The third kappa shape index (κ3) is 2.79. The predicted molar refractivity (Wildman–Crippen MR) is 66.7 cm³/mol. The van der Waals surface area contributed by atoms with E-state index in [9.17, 15) is 10.1 Å². The monoisotopic (exact) mass is 265 g/mol. The van der Waals surface area contributed by atoms with E-state index < -0.39 is 11.2 Å². The standard InChI is InChI=1S/C11H15N5O3/c1-8-3-4-9(5-13-8)6-15-7-19-10(12)14(2)11(15)16(17)18/h3-5,11-12H,6-7H2,1-2H3. The molecule has 0 spiro atoms. The van der Waals surface area contributed by atoms with Crippen LogP contribution in [0.5, 0.6) is 0 Å². The van der Waals surface area contributed by atoms with Crippen LogP contribution in [0, 0.1) is 22.4 Å². The van der Waals surface area contributed by atoms with Crippen LogP contribution in [0.4, 0.5) is 0 Å². The maximum atomic E-state index is 11.1. The number of aromatic nitrogens is 1. The van der Waals surface area contributed by atoms with Crippen molar-refractivity contribution in [1.82, 2.24) is 14.8 Å². The Bertz CT molecular complexity index is 490. The highest BCUT2D eigenvalue weighted by Gasteiger charge is 2.39. The van der Waals surface area contributed by atoms with E-state index in [0.29, 0.717) is 6.54 Å². The summed E-state index contributed by atoms with van der Waals surface area (Å²) >= 11 is 0. The van der Waals surface area contributed by atoms with E-state index in [-0.39, 0.29) is 12.8 Å². The maximum Gasteiger partial charge on any atom is 0.354 e. The van der Waals surface area contributed by atoms with Crippen molar-refractivity contribution in [1.29, 1.82) is 5.41 Å². The Morgan fingerprint density at radius 3 is 2.95 bits per heavy atom. The van der Waals surface area contributed by atoms with E-state index in [1.807, 2.05) is 19.1 Å². The van der Waals surface area contributed by atoms with Crippen LogP contribution in [-0.2, 0) is 11.3 Å². The minimum Gasteiger partial charge on any atom is -0.449 e. The van der Waals surface area contributed by atoms with Gasteiger partial charge in [0.05, 0.1) is 4.92 Å². The third-order valence-electron chi connectivity index (χ3n) is 2.91. The van der Waals surface area contributed by atoms with Gasteiger partial charge >= 0.3 is 6.29 Å². The fourth-order valence-corrected chi connectivity index (χ4v) is 1.89. The molecule has 1 saturated heterocycles. The zero-order valence-electron chi connectivity index (χ0n) is 10.7. The number of nitro groups is 1. The van der Waals surface area contributed by atoms with Gasteiger partial charge in [0.25, 0.3) is 6.02 Å². The fourth-order valence-electron chi connectivity index (χ4n) is 1.89. The lowest BCUT2D eigenvalue weighted by molar-refractivity contribution is -0.581. The van der Waals surface area contributed by atoms with Crippen LogP contribution in [0.3, 0.4) is 0 Å². The number of hydrogen-bond acceptors (Lipinski definition) is 6. The van der Waals surface area contributed by atoms with E-state index >= 15 is 0 Å². The van der Waals surface area contributed by atoms with E-state index in [2.05, 4.69) is 4.98 Å². The summed E-state index contributed by atoms with van der Waals surface area (Å²) < 4.78 is 5.09. The van der Waals surface area contributed by atoms with Crippen molar-refractivity contribution in [3.8, 4) is 0 Å². The Hall–Kier alpha value is -2.22. The summed E-state index contributed by atoms with van der Waals surface area (Å²) in [5, 5.41) is 18.6. The van der Waals surface area contributed by atoms with Crippen molar-refractivity contribution in [2.75, 3.05) is 13.8 Å². The first-order valence-electron chi connectivity index (χ1n) is 5.72. The molecule has 0 aromatic carbocycles. The van der Waals surface area contributed by atoms with Gasteiger partial charge in [-0.2, -0.15) is 4.90 Å². The number of pyridine rings is 1. The first kappa shape index (κ1) is 13.2. The number of hydrogen-bond donors (Lipinski definition) is 1. The van der Waals surface area contributed by atoms with E-state index in [1.54, 1.807) is 6.20 Å². The van der Waals surface area contributed by atoms with Crippen LogP contribution in [0.1, 0.15) is 11.3 Å². The summed E-state index contributed by atoms with van der Waals surface area (Å²) in [6.07, 6.45) is 0.592. The Morgan fingerprint density at radius 2 is 2.37 bits per heavy atom. The number of rotatable bonds is 3. The molecule has 1 aromatic heterocycles. The average molecular weight is 265 g/mol. The molecule has 2 heterocycles. The molecule has 0 bridgehead atoms. The van der Waals surface area contributed by atoms with E-state index in [4.69, 9.17) is 10.1 Å². The molecule has 1 N–H and O–H groups in total. The van der Waals surface area contributed by atoms with Gasteiger partial charge in [0, 0.05) is 25.5 Å². The Labute approximate surface area is 110 Å². The predicted octanol–water partition coefficient (Wildman–Crippen LogP) is 0.607. The van der Waals surface area contributed by atoms with Gasteiger partial charge in [0.2, 0.25) is 0 Å². The zero-order chi connectivity index (χ0) is 14.0. The fraction of sp³-hybridized carbons (Fsp3) is 0.455. The molecule has 1 atom stereocenters. The molecule has 2 rings (SSSR count). The number of nitrogens with one attached hydrogen (secondary N) is 1. The molecule has 8 heteroatoms. The lowest BCUT2D eigenvalue weighted by Crippen LogP contribution is -2.58. The van der Waals surface area contributed by atoms with Crippen LogP contribution in [0.25, 0.3) is 0 Å². The van der Waals surface area contributed by atoms with Gasteiger partial charge in [-0.05, 0) is 18.6 Å². The first-order valence-corrected chi connectivity index (χ1v) is 5.72. The van der Waals surface area contributed by atoms with Crippen molar-refractivity contribution >= 4 is 6.02 Å². The highest BCUT2D eigenvalue weighted by molar-refractivity contribution is 5.70. The van der Waals surface area contributed by atoms with E-state index in [0.717, 1.165) is 11.3 Å². The van der Waals surface area contributed by atoms with Crippen molar-refractivity contribution in [2.24, 2.45) is 0 Å². The molecule has 19 heavy (non-hydrogen) atoms. The quantitative estimate of drug-likeness (QED) is 0.635. The minimum atomic E-state index is -1.09. The van der Waals surface area contributed by atoms with Crippen molar-refractivity contribution in [2.45, 2.75) is 19.8 Å². The van der Waals surface area contributed by atoms with Crippen LogP contribution < -0.4 is 0 Å². The Balaban J connectivity index is 2.15. The molecule has 0 saturated carbocycles. The number of aryl methyl sites for hydroxylation is 1. The average Bonchev–Trinajstić information content (AvgIpc) is 2.36. The third-order valence-corrected chi connectivity index (χ3v) is 2.91. The van der Waals surface area contributed by atoms with Crippen molar-refractivity contribution in [3.63, 3.8) is 0 Å². The molecule has 0 aliphatic carbocycles. The summed E-state index contributed by atoms with van der Waals surface area (Å²) in [5.41, 5.74) is 1.76. The van der Waals surface area contributed by atoms with Gasteiger partial charge in [-0.1, -0.05) is 6.07 Å². The second-order valence-corrected chi connectivity index (χ2v) is 4.38. The molecule has 1 aromatic rings. The molecule has 0 amide bonds. The number of amidine groups is 1. The van der Waals surface area contributed by atoms with Crippen LogP contribution in [0.2, 0.25) is 0 Å². The topological polar surface area (TPSA) is 95.6 Å².